The summed E-state index contributed by atoms with van der Waals surface area (Å²) < 4.78 is 29.9. The predicted molar refractivity (Wildman–Crippen MR) is 58.6 cm³/mol. The Morgan fingerprint density at radius 3 is 2.61 bits per heavy atom. The molecule has 3 N–H and O–H groups in total. The molecule has 0 aliphatic rings. The van der Waals surface area contributed by atoms with Crippen molar-refractivity contribution >= 4 is 12.0 Å². The van der Waals surface area contributed by atoms with E-state index in [0.29, 0.717) is 5.56 Å². The van der Waals surface area contributed by atoms with E-state index in [9.17, 15) is 18.4 Å². The average molecular weight is 258 g/mol. The highest BCUT2D eigenvalue weighted by Crippen LogP contribution is 2.08. The zero-order chi connectivity index (χ0) is 13.5. The molecule has 98 valence electrons. The summed E-state index contributed by atoms with van der Waals surface area (Å²) in [6, 6.07) is 3.22. The largest absolute Gasteiger partial charge is 0.448 e. The van der Waals surface area contributed by atoms with Crippen LogP contribution in [-0.2, 0) is 16.0 Å². The molecule has 7 heteroatoms. The van der Waals surface area contributed by atoms with Gasteiger partial charge < -0.3 is 15.8 Å². The molecular formula is C11H12F2N2O3. The van der Waals surface area contributed by atoms with Crippen LogP contribution in [0.4, 0.5) is 13.6 Å². The van der Waals surface area contributed by atoms with Gasteiger partial charge in [-0.25, -0.2) is 13.6 Å². The molecule has 0 spiro atoms. The van der Waals surface area contributed by atoms with Crippen molar-refractivity contribution in [3.63, 3.8) is 0 Å². The summed E-state index contributed by atoms with van der Waals surface area (Å²) in [5.74, 6) is -2.36. The van der Waals surface area contributed by atoms with E-state index < -0.39 is 23.6 Å². The molecule has 18 heavy (non-hydrogen) atoms. The van der Waals surface area contributed by atoms with Gasteiger partial charge in [0.25, 0.3) is 0 Å². The lowest BCUT2D eigenvalue weighted by atomic mass is 10.1. The number of hydrogen-bond donors (Lipinski definition) is 2. The van der Waals surface area contributed by atoms with E-state index in [0.717, 1.165) is 12.1 Å². The summed E-state index contributed by atoms with van der Waals surface area (Å²) in [4.78, 5) is 21.6. The molecule has 0 saturated heterocycles. The van der Waals surface area contributed by atoms with E-state index in [1.165, 1.54) is 6.07 Å². The Bertz CT molecular complexity index is 452. The van der Waals surface area contributed by atoms with E-state index in [1.807, 2.05) is 0 Å². The normalized spacial score (nSPS) is 9.89. The fourth-order valence-corrected chi connectivity index (χ4v) is 1.24. The van der Waals surface area contributed by atoms with Crippen LogP contribution in [0.2, 0.25) is 0 Å². The molecule has 0 aliphatic carbocycles. The molecule has 0 unspecified atom stereocenters. The molecule has 0 atom stereocenters. The van der Waals surface area contributed by atoms with Gasteiger partial charge in [-0.05, 0) is 17.7 Å². The smallest absolute Gasteiger partial charge is 0.404 e. The summed E-state index contributed by atoms with van der Waals surface area (Å²) in [6.07, 6.45) is -1.02. The van der Waals surface area contributed by atoms with Crippen molar-refractivity contribution in [3.8, 4) is 0 Å². The van der Waals surface area contributed by atoms with Crippen LogP contribution >= 0.6 is 0 Å². The maximum absolute atomic E-state index is 12.8. The third-order valence-corrected chi connectivity index (χ3v) is 2.02. The van der Waals surface area contributed by atoms with Gasteiger partial charge in [-0.3, -0.25) is 4.79 Å². The van der Waals surface area contributed by atoms with Crippen LogP contribution in [0.1, 0.15) is 5.56 Å². The van der Waals surface area contributed by atoms with Crippen molar-refractivity contribution in [2.45, 2.75) is 6.42 Å². The lowest BCUT2D eigenvalue weighted by Crippen LogP contribution is -2.30. The van der Waals surface area contributed by atoms with E-state index in [2.05, 4.69) is 10.1 Å². The summed E-state index contributed by atoms with van der Waals surface area (Å²) in [5, 5.41) is 2.43. The molecule has 5 nitrogen and oxygen atoms in total. The standard InChI is InChI=1S/C11H12F2N2O3/c12-8-2-1-7(5-9(8)13)6-10(16)15-3-4-18-11(14)17/h1-2,5H,3-4,6H2,(H2,14,17)(H,15,16). The minimum Gasteiger partial charge on any atom is -0.448 e. The molecule has 0 fully saturated rings. The van der Waals surface area contributed by atoms with Gasteiger partial charge in [0.1, 0.15) is 6.61 Å². The second-order valence-corrected chi connectivity index (χ2v) is 3.44. The molecule has 0 aromatic heterocycles. The van der Waals surface area contributed by atoms with Gasteiger partial charge in [0.15, 0.2) is 11.6 Å². The van der Waals surface area contributed by atoms with Crippen molar-refractivity contribution in [2.24, 2.45) is 5.73 Å². The van der Waals surface area contributed by atoms with Crippen LogP contribution in [0.5, 0.6) is 0 Å². The Kier molecular flexibility index (Phi) is 5.04. The van der Waals surface area contributed by atoms with Crippen LogP contribution in [0.25, 0.3) is 0 Å². The third-order valence-electron chi connectivity index (χ3n) is 2.02. The van der Waals surface area contributed by atoms with E-state index in [4.69, 9.17) is 5.73 Å². The quantitative estimate of drug-likeness (QED) is 0.763. The van der Waals surface area contributed by atoms with Gasteiger partial charge in [-0.15, -0.1) is 0 Å². The highest BCUT2D eigenvalue weighted by Gasteiger charge is 2.07. The number of primary amides is 1. The summed E-state index contributed by atoms with van der Waals surface area (Å²) in [5.41, 5.74) is 5.06. The van der Waals surface area contributed by atoms with Gasteiger partial charge in [0.2, 0.25) is 5.91 Å². The summed E-state index contributed by atoms with van der Waals surface area (Å²) >= 11 is 0. The number of benzene rings is 1. The lowest BCUT2D eigenvalue weighted by Gasteiger charge is -2.05. The van der Waals surface area contributed by atoms with Crippen molar-refractivity contribution in [1.82, 2.24) is 5.32 Å². The molecule has 0 aliphatic heterocycles. The molecule has 1 aromatic rings. The van der Waals surface area contributed by atoms with Gasteiger partial charge in [0, 0.05) is 0 Å². The number of halogens is 2. The zero-order valence-electron chi connectivity index (χ0n) is 9.41. The molecule has 0 saturated carbocycles. The SMILES string of the molecule is NC(=O)OCCNC(=O)Cc1ccc(F)c(F)c1. The Morgan fingerprint density at radius 1 is 1.28 bits per heavy atom. The van der Waals surface area contributed by atoms with Crippen molar-refractivity contribution < 1.29 is 23.1 Å². The first-order chi connectivity index (χ1) is 8.49. The lowest BCUT2D eigenvalue weighted by molar-refractivity contribution is -0.120. The zero-order valence-corrected chi connectivity index (χ0v) is 9.41. The number of rotatable bonds is 5. The van der Waals surface area contributed by atoms with E-state index in [-0.39, 0.29) is 19.6 Å². The average Bonchev–Trinajstić information content (AvgIpc) is 2.29. The number of carbonyl (C=O) groups is 2. The number of nitrogens with two attached hydrogens (primary N) is 1. The summed E-state index contributed by atoms with van der Waals surface area (Å²) in [7, 11) is 0. The molecule has 0 bridgehead atoms. The molecule has 1 rings (SSSR count). The summed E-state index contributed by atoms with van der Waals surface area (Å²) in [6.45, 7) is 0.0598. The second kappa shape index (κ2) is 6.53. The highest BCUT2D eigenvalue weighted by molar-refractivity contribution is 5.78. The number of amides is 2. The van der Waals surface area contributed by atoms with Crippen LogP contribution in [0.3, 0.4) is 0 Å². The Balaban J connectivity index is 2.35. The number of ether oxygens (including phenoxy) is 1. The first-order valence-electron chi connectivity index (χ1n) is 5.12. The minimum absolute atomic E-state index is 0.0428. The van der Waals surface area contributed by atoms with Crippen molar-refractivity contribution in [2.75, 3.05) is 13.2 Å². The Labute approximate surface area is 102 Å². The first kappa shape index (κ1) is 13.9. The molecule has 2 amide bonds. The molecular weight excluding hydrogens is 246 g/mol. The Hall–Kier alpha value is -2.18. The van der Waals surface area contributed by atoms with Gasteiger partial charge in [0.05, 0.1) is 13.0 Å². The van der Waals surface area contributed by atoms with Gasteiger partial charge >= 0.3 is 6.09 Å². The van der Waals surface area contributed by atoms with Crippen molar-refractivity contribution in [3.05, 3.63) is 35.4 Å². The molecule has 0 heterocycles. The first-order valence-corrected chi connectivity index (χ1v) is 5.12. The monoisotopic (exact) mass is 258 g/mol. The highest BCUT2D eigenvalue weighted by atomic mass is 19.2. The maximum atomic E-state index is 12.8. The minimum atomic E-state index is -1.00. The second-order valence-electron chi connectivity index (χ2n) is 3.44. The number of carbonyl (C=O) groups excluding carboxylic acids is 2. The van der Waals surface area contributed by atoms with Crippen LogP contribution in [-0.4, -0.2) is 25.2 Å². The van der Waals surface area contributed by atoms with Crippen LogP contribution in [0.15, 0.2) is 18.2 Å². The fraction of sp³-hybridized carbons (Fsp3) is 0.273. The molecule has 0 radical (unpaired) electrons. The predicted octanol–water partition coefficient (Wildman–Crippen LogP) is 0.719. The number of hydrogen-bond acceptors (Lipinski definition) is 3. The molecule has 1 aromatic carbocycles. The third kappa shape index (κ3) is 4.77. The van der Waals surface area contributed by atoms with Crippen LogP contribution < -0.4 is 11.1 Å². The maximum Gasteiger partial charge on any atom is 0.404 e. The van der Waals surface area contributed by atoms with Gasteiger partial charge in [-0.2, -0.15) is 0 Å². The van der Waals surface area contributed by atoms with Crippen molar-refractivity contribution in [1.29, 1.82) is 0 Å². The van der Waals surface area contributed by atoms with Crippen LogP contribution in [0, 0.1) is 11.6 Å². The van der Waals surface area contributed by atoms with Gasteiger partial charge in [-0.1, -0.05) is 6.07 Å². The van der Waals surface area contributed by atoms with E-state index >= 15 is 0 Å². The fourth-order valence-electron chi connectivity index (χ4n) is 1.24. The number of nitrogens with one attached hydrogen (secondary N) is 1. The topological polar surface area (TPSA) is 81.4 Å². The Morgan fingerprint density at radius 2 is 2.00 bits per heavy atom. The van der Waals surface area contributed by atoms with E-state index in [1.54, 1.807) is 0 Å².